The summed E-state index contributed by atoms with van der Waals surface area (Å²) >= 11 is 6.39. The Morgan fingerprint density at radius 2 is 2.03 bits per heavy atom. The van der Waals surface area contributed by atoms with Gasteiger partial charge in [0.1, 0.15) is 5.69 Å². The van der Waals surface area contributed by atoms with Gasteiger partial charge in [-0.25, -0.2) is 9.97 Å². The molecule has 9 nitrogen and oxygen atoms in total. The van der Waals surface area contributed by atoms with Crippen LogP contribution in [0.2, 0.25) is 5.02 Å². The molecule has 13 heteroatoms. The van der Waals surface area contributed by atoms with Gasteiger partial charge in [-0.1, -0.05) is 18.5 Å². The molecule has 0 spiro atoms. The molecule has 3 heterocycles. The Balaban J connectivity index is 1.34. The van der Waals surface area contributed by atoms with Gasteiger partial charge in [-0.2, -0.15) is 18.3 Å². The summed E-state index contributed by atoms with van der Waals surface area (Å²) in [7, 11) is 0. The van der Waals surface area contributed by atoms with E-state index in [1.807, 2.05) is 12.0 Å². The number of H-pyrrole nitrogens is 1. The number of halogens is 4. The summed E-state index contributed by atoms with van der Waals surface area (Å²) in [6.07, 6.45) is 2.54. The van der Waals surface area contributed by atoms with E-state index in [1.165, 1.54) is 23.0 Å². The lowest BCUT2D eigenvalue weighted by Crippen LogP contribution is -2.52. The first kappa shape index (κ1) is 24.1. The van der Waals surface area contributed by atoms with E-state index < -0.39 is 11.9 Å². The fourth-order valence-electron chi connectivity index (χ4n) is 4.27. The topological polar surface area (TPSA) is 112 Å². The number of alkyl halides is 3. The highest BCUT2D eigenvalue weighted by Gasteiger charge is 2.36. The first-order valence-electron chi connectivity index (χ1n) is 11.3. The van der Waals surface area contributed by atoms with Gasteiger partial charge in [0.05, 0.1) is 34.2 Å². The van der Waals surface area contributed by atoms with Crippen molar-refractivity contribution in [2.75, 3.05) is 11.9 Å². The molecule has 0 unspecified atom stereocenters. The van der Waals surface area contributed by atoms with Crippen LogP contribution < -0.4 is 16.0 Å². The Morgan fingerprint density at radius 1 is 1.22 bits per heavy atom. The molecule has 4 aromatic rings. The molecular formula is C23H22ClF3N8O. The number of aromatic amines is 1. The van der Waals surface area contributed by atoms with Crippen molar-refractivity contribution >= 4 is 34.7 Å². The molecule has 0 saturated heterocycles. The first-order valence-corrected chi connectivity index (χ1v) is 11.7. The highest BCUT2D eigenvalue weighted by molar-refractivity contribution is 6.34. The molecule has 4 N–H and O–H groups in total. The minimum atomic E-state index is -4.60. The number of hydrogen-bond donors (Lipinski definition) is 4. The van der Waals surface area contributed by atoms with Crippen molar-refractivity contribution in [3.05, 3.63) is 59.3 Å². The molecule has 0 bridgehead atoms. The summed E-state index contributed by atoms with van der Waals surface area (Å²) < 4.78 is 41.5. The first-order chi connectivity index (χ1) is 17.2. The summed E-state index contributed by atoms with van der Waals surface area (Å²) in [5, 5.41) is 15.2. The normalized spacial score (nSPS) is 17.7. The number of imidazole rings is 1. The molecule has 0 atom stereocenters. The number of amides is 1. The second kappa shape index (κ2) is 9.43. The zero-order chi connectivity index (χ0) is 25.4. The summed E-state index contributed by atoms with van der Waals surface area (Å²) in [4.78, 5) is 21.2. The van der Waals surface area contributed by atoms with E-state index in [2.05, 4.69) is 31.0 Å². The number of rotatable bonds is 7. The zero-order valence-electron chi connectivity index (χ0n) is 19.0. The molecule has 5 rings (SSSR count). The van der Waals surface area contributed by atoms with Gasteiger partial charge in [-0.05, 0) is 37.6 Å². The summed E-state index contributed by atoms with van der Waals surface area (Å²) in [5.74, 6) is 0.0585. The van der Waals surface area contributed by atoms with E-state index in [9.17, 15) is 18.0 Å². The fourth-order valence-corrected chi connectivity index (χ4v) is 4.54. The minimum absolute atomic E-state index is 0.111. The summed E-state index contributed by atoms with van der Waals surface area (Å²) in [5.41, 5.74) is 0.304. The van der Waals surface area contributed by atoms with E-state index in [1.54, 1.807) is 18.2 Å². The molecule has 1 aliphatic carbocycles. The van der Waals surface area contributed by atoms with Crippen LogP contribution in [0.4, 0.5) is 24.7 Å². The van der Waals surface area contributed by atoms with Gasteiger partial charge in [0.15, 0.2) is 11.5 Å². The second-order valence-corrected chi connectivity index (χ2v) is 8.89. The van der Waals surface area contributed by atoms with Gasteiger partial charge in [0.2, 0.25) is 0 Å². The maximum Gasteiger partial charge on any atom is 0.433 e. The highest BCUT2D eigenvalue weighted by atomic mass is 35.5. The van der Waals surface area contributed by atoms with E-state index >= 15 is 0 Å². The molecule has 1 fully saturated rings. The molecule has 188 valence electrons. The Bertz CT molecular complexity index is 1410. The van der Waals surface area contributed by atoms with Crippen LogP contribution in [0.1, 0.15) is 35.8 Å². The van der Waals surface area contributed by atoms with Crippen molar-refractivity contribution in [3.63, 3.8) is 0 Å². The average Bonchev–Trinajstić information content (AvgIpc) is 3.45. The van der Waals surface area contributed by atoms with E-state index in [0.29, 0.717) is 28.8 Å². The van der Waals surface area contributed by atoms with Crippen LogP contribution in [-0.2, 0) is 6.18 Å². The van der Waals surface area contributed by atoms with Crippen LogP contribution in [0, 0.1) is 0 Å². The third-order valence-electron chi connectivity index (χ3n) is 6.07. The molecule has 1 aromatic carbocycles. The Kier molecular flexibility index (Phi) is 6.31. The van der Waals surface area contributed by atoms with Crippen LogP contribution in [0.25, 0.3) is 16.9 Å². The van der Waals surface area contributed by atoms with Crippen molar-refractivity contribution in [3.8, 4) is 11.3 Å². The quantitative estimate of drug-likeness (QED) is 0.288. The molecule has 0 radical (unpaired) electrons. The Labute approximate surface area is 208 Å². The van der Waals surface area contributed by atoms with E-state index in [-0.39, 0.29) is 28.2 Å². The SMILES string of the molecule is CCNC1CC(NC(=O)c2ccc(Nc3nccn4c(-c5cn[nH]c5C(F)(F)F)cnc34)cc2Cl)C1. The lowest BCUT2D eigenvalue weighted by atomic mass is 9.86. The fraction of sp³-hybridized carbons (Fsp3) is 0.304. The van der Waals surface area contributed by atoms with E-state index in [4.69, 9.17) is 11.6 Å². The number of anilines is 2. The standard InChI is InChI=1S/C23H22ClF3N8O/c1-2-28-13-7-14(8-13)33-22(36)15-4-3-12(9-17(15)24)32-20-21-30-11-18(35(21)6-5-29-20)16-10-31-34-19(16)23(25,26)27/h3-6,9-11,13-14,28H,2,7-8H2,1H3,(H,29,32)(H,31,34)(H,33,36). The maximum atomic E-state index is 13.3. The smallest absolute Gasteiger partial charge is 0.349 e. The number of aromatic nitrogens is 5. The van der Waals surface area contributed by atoms with Crippen LogP contribution in [0.5, 0.6) is 0 Å². The van der Waals surface area contributed by atoms with Gasteiger partial charge in [0, 0.05) is 30.2 Å². The maximum absolute atomic E-state index is 13.3. The third kappa shape index (κ3) is 4.61. The lowest BCUT2D eigenvalue weighted by Gasteiger charge is -2.36. The van der Waals surface area contributed by atoms with Crippen LogP contribution in [0.3, 0.4) is 0 Å². The predicted octanol–water partition coefficient (Wildman–Crippen LogP) is 4.41. The van der Waals surface area contributed by atoms with Crippen molar-refractivity contribution in [1.82, 2.24) is 35.2 Å². The molecule has 1 amide bonds. The monoisotopic (exact) mass is 518 g/mol. The van der Waals surface area contributed by atoms with Crippen molar-refractivity contribution < 1.29 is 18.0 Å². The Hall–Kier alpha value is -3.64. The van der Waals surface area contributed by atoms with Gasteiger partial charge < -0.3 is 16.0 Å². The molecule has 0 aliphatic heterocycles. The van der Waals surface area contributed by atoms with Gasteiger partial charge in [0.25, 0.3) is 5.91 Å². The van der Waals surface area contributed by atoms with Crippen molar-refractivity contribution in [1.29, 1.82) is 0 Å². The number of carbonyl (C=O) groups is 1. The van der Waals surface area contributed by atoms with Crippen LogP contribution in [-0.4, -0.2) is 49.1 Å². The number of nitrogens with zero attached hydrogens (tertiary/aromatic N) is 4. The zero-order valence-corrected chi connectivity index (χ0v) is 19.8. The van der Waals surface area contributed by atoms with Crippen LogP contribution >= 0.6 is 11.6 Å². The third-order valence-corrected chi connectivity index (χ3v) is 6.38. The largest absolute Gasteiger partial charge is 0.433 e. The predicted molar refractivity (Wildman–Crippen MR) is 128 cm³/mol. The number of nitrogens with one attached hydrogen (secondary N) is 4. The van der Waals surface area contributed by atoms with Crippen molar-refractivity contribution in [2.24, 2.45) is 0 Å². The molecular weight excluding hydrogens is 497 g/mol. The number of carbonyl (C=O) groups excluding carboxylic acids is 1. The second-order valence-electron chi connectivity index (χ2n) is 8.49. The minimum Gasteiger partial charge on any atom is -0.349 e. The molecule has 36 heavy (non-hydrogen) atoms. The number of fused-ring (bicyclic) bond motifs is 1. The lowest BCUT2D eigenvalue weighted by molar-refractivity contribution is -0.140. The summed E-state index contributed by atoms with van der Waals surface area (Å²) in [6, 6.07) is 5.41. The van der Waals surface area contributed by atoms with Crippen molar-refractivity contribution in [2.45, 2.75) is 38.0 Å². The Morgan fingerprint density at radius 3 is 2.75 bits per heavy atom. The molecule has 1 saturated carbocycles. The molecule has 1 aliphatic rings. The number of benzene rings is 1. The van der Waals surface area contributed by atoms with Gasteiger partial charge >= 0.3 is 6.18 Å². The average molecular weight is 519 g/mol. The molecule has 3 aromatic heterocycles. The van der Waals surface area contributed by atoms with Gasteiger partial charge in [-0.3, -0.25) is 14.3 Å². The summed E-state index contributed by atoms with van der Waals surface area (Å²) in [6.45, 7) is 2.94. The van der Waals surface area contributed by atoms with Crippen LogP contribution in [0.15, 0.2) is 43.0 Å². The van der Waals surface area contributed by atoms with Gasteiger partial charge in [-0.15, -0.1) is 0 Å². The number of hydrogen-bond acceptors (Lipinski definition) is 6. The van der Waals surface area contributed by atoms with E-state index in [0.717, 1.165) is 25.6 Å². The highest BCUT2D eigenvalue weighted by Crippen LogP contribution is 2.36.